The van der Waals surface area contributed by atoms with E-state index >= 15 is 0 Å². The summed E-state index contributed by atoms with van der Waals surface area (Å²) in [6, 6.07) is 0. The fourth-order valence-electron chi connectivity index (χ4n) is 2.04. The molecule has 2 N–H and O–H groups in total. The van der Waals surface area contributed by atoms with Gasteiger partial charge in [-0.1, -0.05) is 46.0 Å². The van der Waals surface area contributed by atoms with Crippen molar-refractivity contribution in [1.29, 1.82) is 0 Å². The second-order valence-electron chi connectivity index (χ2n) is 5.29. The Morgan fingerprint density at radius 2 is 1.55 bits per heavy atom. The van der Waals surface area contributed by atoms with Gasteiger partial charge in [0.25, 0.3) is 0 Å². The summed E-state index contributed by atoms with van der Waals surface area (Å²) < 4.78 is 0. The van der Waals surface area contributed by atoms with Gasteiger partial charge in [0, 0.05) is 31.0 Å². The molecule has 0 saturated heterocycles. The van der Waals surface area contributed by atoms with Gasteiger partial charge in [-0.25, -0.2) is 9.97 Å². The molecule has 0 amide bonds. The van der Waals surface area contributed by atoms with Crippen molar-refractivity contribution in [2.75, 3.05) is 18.4 Å². The van der Waals surface area contributed by atoms with Crippen LogP contribution in [0.4, 0.5) is 5.95 Å². The highest BCUT2D eigenvalue weighted by Gasteiger charge is 1.97. The van der Waals surface area contributed by atoms with E-state index < -0.39 is 0 Å². The summed E-state index contributed by atoms with van der Waals surface area (Å²) in [6.45, 7) is 7.26. The summed E-state index contributed by atoms with van der Waals surface area (Å²) in [4.78, 5) is 8.61. The SMILES string of the molecule is CCCCCCCCNCc1cnc(NCCC)nc1. The van der Waals surface area contributed by atoms with Gasteiger partial charge in [0.05, 0.1) is 0 Å². The minimum atomic E-state index is 0.728. The summed E-state index contributed by atoms with van der Waals surface area (Å²) in [6.07, 6.45) is 12.9. The lowest BCUT2D eigenvalue weighted by Gasteiger charge is -2.06. The van der Waals surface area contributed by atoms with Crippen LogP contribution >= 0.6 is 0 Å². The number of anilines is 1. The van der Waals surface area contributed by atoms with E-state index in [-0.39, 0.29) is 0 Å². The maximum Gasteiger partial charge on any atom is 0.222 e. The first-order valence-electron chi connectivity index (χ1n) is 8.12. The van der Waals surface area contributed by atoms with Crippen molar-refractivity contribution in [3.8, 4) is 0 Å². The normalized spacial score (nSPS) is 10.7. The number of rotatable bonds is 12. The molecule has 0 saturated carbocycles. The van der Waals surface area contributed by atoms with Gasteiger partial charge in [-0.2, -0.15) is 0 Å². The van der Waals surface area contributed by atoms with Crippen LogP contribution in [0.2, 0.25) is 0 Å². The Bertz CT molecular complexity index is 324. The van der Waals surface area contributed by atoms with Crippen molar-refractivity contribution in [1.82, 2.24) is 15.3 Å². The van der Waals surface area contributed by atoms with Gasteiger partial charge in [-0.05, 0) is 19.4 Å². The Labute approximate surface area is 123 Å². The molecule has 20 heavy (non-hydrogen) atoms. The van der Waals surface area contributed by atoms with E-state index in [2.05, 4.69) is 34.4 Å². The second kappa shape index (κ2) is 11.6. The Balaban J connectivity index is 2.04. The molecule has 0 aromatic carbocycles. The minimum absolute atomic E-state index is 0.728. The van der Waals surface area contributed by atoms with Crippen LogP contribution in [0.15, 0.2) is 12.4 Å². The predicted octanol–water partition coefficient (Wildman–Crippen LogP) is 3.75. The molecule has 0 aliphatic carbocycles. The largest absolute Gasteiger partial charge is 0.354 e. The predicted molar refractivity (Wildman–Crippen MR) is 85.9 cm³/mol. The zero-order valence-electron chi connectivity index (χ0n) is 13.1. The quantitative estimate of drug-likeness (QED) is 0.572. The molecule has 0 aliphatic heterocycles. The number of nitrogens with zero attached hydrogens (tertiary/aromatic N) is 2. The van der Waals surface area contributed by atoms with E-state index in [9.17, 15) is 0 Å². The highest BCUT2D eigenvalue weighted by atomic mass is 15.1. The molecule has 1 aromatic heterocycles. The van der Waals surface area contributed by atoms with Crippen LogP contribution in [-0.4, -0.2) is 23.1 Å². The van der Waals surface area contributed by atoms with Crippen molar-refractivity contribution in [3.63, 3.8) is 0 Å². The molecule has 1 aromatic rings. The molecule has 0 radical (unpaired) electrons. The molecular weight excluding hydrogens is 248 g/mol. The van der Waals surface area contributed by atoms with Crippen molar-refractivity contribution < 1.29 is 0 Å². The van der Waals surface area contributed by atoms with Crippen LogP contribution in [0.25, 0.3) is 0 Å². The zero-order valence-corrected chi connectivity index (χ0v) is 13.1. The Hall–Kier alpha value is -1.16. The van der Waals surface area contributed by atoms with E-state index in [1.54, 1.807) is 0 Å². The number of unbranched alkanes of at least 4 members (excludes halogenated alkanes) is 5. The summed E-state index contributed by atoms with van der Waals surface area (Å²) in [5.74, 6) is 0.728. The number of aromatic nitrogens is 2. The second-order valence-corrected chi connectivity index (χ2v) is 5.29. The zero-order chi connectivity index (χ0) is 14.5. The Morgan fingerprint density at radius 1 is 0.850 bits per heavy atom. The third kappa shape index (κ3) is 8.10. The number of hydrogen-bond donors (Lipinski definition) is 2. The van der Waals surface area contributed by atoms with E-state index in [4.69, 9.17) is 0 Å². The molecule has 0 atom stereocenters. The summed E-state index contributed by atoms with van der Waals surface area (Å²) in [7, 11) is 0. The third-order valence-electron chi connectivity index (χ3n) is 3.27. The van der Waals surface area contributed by atoms with E-state index in [0.717, 1.165) is 37.6 Å². The van der Waals surface area contributed by atoms with Gasteiger partial charge in [-0.3, -0.25) is 0 Å². The molecule has 4 nitrogen and oxygen atoms in total. The van der Waals surface area contributed by atoms with Crippen LogP contribution in [0.3, 0.4) is 0 Å². The maximum absolute atomic E-state index is 4.30. The topological polar surface area (TPSA) is 49.8 Å². The van der Waals surface area contributed by atoms with Crippen LogP contribution in [0.1, 0.15) is 64.4 Å². The van der Waals surface area contributed by atoms with E-state index in [1.165, 1.54) is 38.5 Å². The first-order chi connectivity index (χ1) is 9.86. The smallest absolute Gasteiger partial charge is 0.222 e. The average Bonchev–Trinajstić information content (AvgIpc) is 2.49. The first kappa shape index (κ1) is 16.9. The molecule has 0 spiro atoms. The van der Waals surface area contributed by atoms with Gasteiger partial charge in [0.15, 0.2) is 0 Å². The summed E-state index contributed by atoms with van der Waals surface area (Å²) in [5, 5.41) is 6.63. The lowest BCUT2D eigenvalue weighted by Crippen LogP contribution is -2.15. The molecule has 0 bridgehead atoms. The fourth-order valence-corrected chi connectivity index (χ4v) is 2.04. The summed E-state index contributed by atoms with van der Waals surface area (Å²) >= 11 is 0. The molecule has 0 aliphatic rings. The van der Waals surface area contributed by atoms with Crippen molar-refractivity contribution in [3.05, 3.63) is 18.0 Å². The maximum atomic E-state index is 4.30. The summed E-state index contributed by atoms with van der Waals surface area (Å²) in [5.41, 5.74) is 1.15. The van der Waals surface area contributed by atoms with Gasteiger partial charge in [0.1, 0.15) is 0 Å². The van der Waals surface area contributed by atoms with Gasteiger partial charge in [0.2, 0.25) is 5.95 Å². The Morgan fingerprint density at radius 3 is 2.25 bits per heavy atom. The van der Waals surface area contributed by atoms with Crippen LogP contribution in [0.5, 0.6) is 0 Å². The number of hydrogen-bond acceptors (Lipinski definition) is 4. The molecular formula is C16H30N4. The molecule has 0 fully saturated rings. The molecule has 4 heteroatoms. The number of nitrogens with one attached hydrogen (secondary N) is 2. The third-order valence-corrected chi connectivity index (χ3v) is 3.27. The highest BCUT2D eigenvalue weighted by Crippen LogP contribution is 2.04. The highest BCUT2D eigenvalue weighted by molar-refractivity contribution is 5.24. The molecule has 1 heterocycles. The van der Waals surface area contributed by atoms with Crippen molar-refractivity contribution in [2.24, 2.45) is 0 Å². The average molecular weight is 278 g/mol. The Kier molecular flexibility index (Phi) is 9.84. The molecule has 1 rings (SSSR count). The van der Waals surface area contributed by atoms with Crippen LogP contribution < -0.4 is 10.6 Å². The lowest BCUT2D eigenvalue weighted by molar-refractivity contribution is 0.571. The van der Waals surface area contributed by atoms with Crippen LogP contribution in [0, 0.1) is 0 Å². The lowest BCUT2D eigenvalue weighted by atomic mass is 10.1. The van der Waals surface area contributed by atoms with Crippen molar-refractivity contribution >= 4 is 5.95 Å². The standard InChI is InChI=1S/C16H30N4/c1-3-5-6-7-8-9-11-17-12-15-13-19-16(20-14-15)18-10-4-2/h13-14,17H,3-12H2,1-2H3,(H,18,19,20). The van der Waals surface area contributed by atoms with Gasteiger partial charge >= 0.3 is 0 Å². The van der Waals surface area contributed by atoms with Crippen molar-refractivity contribution in [2.45, 2.75) is 65.3 Å². The van der Waals surface area contributed by atoms with Crippen LogP contribution in [-0.2, 0) is 6.54 Å². The van der Waals surface area contributed by atoms with Gasteiger partial charge in [-0.15, -0.1) is 0 Å². The first-order valence-corrected chi connectivity index (χ1v) is 8.12. The molecule has 114 valence electrons. The molecule has 0 unspecified atom stereocenters. The minimum Gasteiger partial charge on any atom is -0.354 e. The van der Waals surface area contributed by atoms with Gasteiger partial charge < -0.3 is 10.6 Å². The monoisotopic (exact) mass is 278 g/mol. The fraction of sp³-hybridized carbons (Fsp3) is 0.750. The van der Waals surface area contributed by atoms with E-state index in [1.807, 2.05) is 12.4 Å². The van der Waals surface area contributed by atoms with E-state index in [0.29, 0.717) is 0 Å².